The summed E-state index contributed by atoms with van der Waals surface area (Å²) in [6, 6.07) is 0. The monoisotopic (exact) mass is 598 g/mol. The summed E-state index contributed by atoms with van der Waals surface area (Å²) in [7, 11) is 0. The Labute approximate surface area is 262 Å². The van der Waals surface area contributed by atoms with Crippen molar-refractivity contribution in [1.82, 2.24) is 0 Å². The average molecular weight is 599 g/mol. The van der Waals surface area contributed by atoms with Gasteiger partial charge in [0.15, 0.2) is 0 Å². The van der Waals surface area contributed by atoms with Crippen molar-refractivity contribution in [3.05, 3.63) is 23.5 Å². The zero-order valence-electron chi connectivity index (χ0n) is 27.7. The molecule has 2 N–H and O–H groups in total. The van der Waals surface area contributed by atoms with Gasteiger partial charge in [-0.3, -0.25) is 4.79 Å². The molecule has 0 aromatic heterocycles. The van der Waals surface area contributed by atoms with Gasteiger partial charge in [-0.15, -0.1) is 0 Å². The van der Waals surface area contributed by atoms with Crippen molar-refractivity contribution in [2.75, 3.05) is 6.61 Å². The van der Waals surface area contributed by atoms with E-state index in [2.05, 4.69) is 32.9 Å². The third kappa shape index (κ3) is 7.79. The van der Waals surface area contributed by atoms with Crippen LogP contribution in [-0.2, 0) is 14.3 Å². The van der Waals surface area contributed by atoms with E-state index < -0.39 is 5.97 Å². The summed E-state index contributed by atoms with van der Waals surface area (Å²) in [5.74, 6) is 2.87. The van der Waals surface area contributed by atoms with E-state index in [0.29, 0.717) is 36.0 Å². The number of ether oxygens (including phenoxy) is 1. The van der Waals surface area contributed by atoms with E-state index in [1.807, 2.05) is 0 Å². The number of carboxylic acid groups (broad SMARTS) is 1. The first-order valence-electron chi connectivity index (χ1n) is 18.1. The Morgan fingerprint density at radius 3 is 2.49 bits per heavy atom. The van der Waals surface area contributed by atoms with Crippen LogP contribution in [0.1, 0.15) is 149 Å². The van der Waals surface area contributed by atoms with Crippen LogP contribution >= 0.6 is 0 Å². The predicted molar refractivity (Wildman–Crippen MR) is 174 cm³/mol. The first-order valence-corrected chi connectivity index (χ1v) is 18.1. The van der Waals surface area contributed by atoms with Gasteiger partial charge in [0.05, 0.1) is 23.9 Å². The van der Waals surface area contributed by atoms with E-state index in [0.717, 1.165) is 77.2 Å². The van der Waals surface area contributed by atoms with Crippen LogP contribution in [0.2, 0.25) is 0 Å². The fraction of sp³-hybridized carbons (Fsp3) is 0.842. The van der Waals surface area contributed by atoms with Gasteiger partial charge < -0.3 is 19.7 Å². The van der Waals surface area contributed by atoms with E-state index >= 15 is 0 Å². The summed E-state index contributed by atoms with van der Waals surface area (Å²) in [5.41, 5.74) is 1.17. The van der Waals surface area contributed by atoms with Crippen LogP contribution in [0, 0.1) is 40.4 Å². The number of aliphatic hydroxyl groups is 1. The molecule has 0 aromatic carbocycles. The summed E-state index contributed by atoms with van der Waals surface area (Å²) >= 11 is 0. The van der Waals surface area contributed by atoms with Crippen LogP contribution in [0.3, 0.4) is 0 Å². The number of rotatable bonds is 12. The molecule has 0 aromatic rings. The summed E-state index contributed by atoms with van der Waals surface area (Å²) < 4.78 is 6.52. The summed E-state index contributed by atoms with van der Waals surface area (Å²) in [6.07, 6.45) is 28.1. The third-order valence-electron chi connectivity index (χ3n) is 12.5. The fourth-order valence-electron chi connectivity index (χ4n) is 9.92. The molecule has 3 saturated carbocycles. The number of allylic oxidation sites excluding steroid dienone is 4. The molecule has 0 saturated heterocycles. The van der Waals surface area contributed by atoms with Gasteiger partial charge in [0.25, 0.3) is 0 Å². The molecule has 0 amide bonds. The Morgan fingerprint density at radius 1 is 0.977 bits per heavy atom. The topological polar surface area (TPSA) is 83.8 Å². The highest BCUT2D eigenvalue weighted by molar-refractivity contribution is 5.68. The molecule has 0 radical (unpaired) electrons. The quantitative estimate of drug-likeness (QED) is 0.133. The van der Waals surface area contributed by atoms with Gasteiger partial charge in [-0.25, -0.2) is 0 Å². The second kappa shape index (κ2) is 16.1. The van der Waals surface area contributed by atoms with Crippen molar-refractivity contribution in [3.8, 4) is 0 Å². The van der Waals surface area contributed by atoms with Crippen LogP contribution in [0.25, 0.3) is 0 Å². The molecule has 0 bridgehead atoms. The lowest BCUT2D eigenvalue weighted by Crippen LogP contribution is -2.58. The predicted octanol–water partition coefficient (Wildman–Crippen LogP) is 9.43. The zero-order chi connectivity index (χ0) is 30.9. The second-order valence-corrected chi connectivity index (χ2v) is 15.0. The lowest BCUT2D eigenvalue weighted by atomic mass is 9.43. The molecule has 2 unspecified atom stereocenters. The lowest BCUT2D eigenvalue weighted by molar-refractivity contribution is -0.142. The van der Waals surface area contributed by atoms with Crippen LogP contribution in [0.4, 0.5) is 0 Å². The SMILES string of the molecule is CC1CCC=C2CC(COC3=CCCCCC3)[C@H]3[C@@H]4CC[C@H](O)[C@@]4(C)CC[C@@H]3[C@]21C=O.CCCCCCCCCC(=O)O. The highest BCUT2D eigenvalue weighted by atomic mass is 16.5. The number of unbranched alkanes of at least 4 members (excludes halogenated alkanes) is 6. The molecule has 244 valence electrons. The highest BCUT2D eigenvalue weighted by Crippen LogP contribution is 2.67. The van der Waals surface area contributed by atoms with Crippen molar-refractivity contribution in [3.63, 3.8) is 0 Å². The molecule has 5 nitrogen and oxygen atoms in total. The minimum Gasteiger partial charge on any atom is -0.498 e. The molecule has 5 heteroatoms. The number of aliphatic hydroxyl groups excluding tert-OH is 1. The number of hydrogen-bond donors (Lipinski definition) is 2. The summed E-state index contributed by atoms with van der Waals surface area (Å²) in [4.78, 5) is 23.0. The van der Waals surface area contributed by atoms with Gasteiger partial charge in [-0.1, -0.05) is 77.4 Å². The van der Waals surface area contributed by atoms with Gasteiger partial charge in [-0.05, 0) is 106 Å². The number of hydrogen-bond acceptors (Lipinski definition) is 4. The van der Waals surface area contributed by atoms with Crippen molar-refractivity contribution in [2.24, 2.45) is 40.4 Å². The maximum atomic E-state index is 12.8. The molecule has 0 aliphatic heterocycles. The Balaban J connectivity index is 0.000000301. The van der Waals surface area contributed by atoms with Gasteiger partial charge in [0, 0.05) is 18.8 Å². The molecule has 0 spiro atoms. The first kappa shape index (κ1) is 34.3. The number of aldehydes is 1. The average Bonchev–Trinajstić information content (AvgIpc) is 3.14. The third-order valence-corrected chi connectivity index (χ3v) is 12.5. The number of carboxylic acids is 1. The number of aliphatic carboxylic acids is 1. The van der Waals surface area contributed by atoms with Crippen molar-refractivity contribution >= 4 is 12.3 Å². The second-order valence-electron chi connectivity index (χ2n) is 15.0. The fourth-order valence-corrected chi connectivity index (χ4v) is 9.92. The Hall–Kier alpha value is -1.62. The standard InChI is InChI=1S/C28H42O3.C10H20O2/c1-19-8-7-9-21-16-20(17-31-22-10-5-3-4-6-11-22)26-23-12-13-25(30)27(23,2)15-14-24(26)28(19,21)18-29;1-2-3-4-5-6-7-8-9-10(11)12/h9-10,18-20,23-26,30H,3-8,11-17H2,1-2H3;2-9H2,1H3,(H,11,12)/t19?,20?,23-,24-,25-,26-,27-,28-;/m0./s1. The van der Waals surface area contributed by atoms with Crippen molar-refractivity contribution < 1.29 is 24.5 Å². The summed E-state index contributed by atoms with van der Waals surface area (Å²) in [6.45, 7) is 7.64. The molecule has 5 aliphatic rings. The Kier molecular flexibility index (Phi) is 12.8. The first-order chi connectivity index (χ1) is 20.8. The molecule has 5 rings (SSSR count). The van der Waals surface area contributed by atoms with Gasteiger partial charge in [0.1, 0.15) is 6.29 Å². The van der Waals surface area contributed by atoms with E-state index in [9.17, 15) is 14.7 Å². The normalized spacial score (nSPS) is 36.8. The van der Waals surface area contributed by atoms with Crippen LogP contribution in [0.5, 0.6) is 0 Å². The molecule has 8 atom stereocenters. The van der Waals surface area contributed by atoms with Crippen molar-refractivity contribution in [2.45, 2.75) is 155 Å². The van der Waals surface area contributed by atoms with E-state index in [4.69, 9.17) is 9.84 Å². The smallest absolute Gasteiger partial charge is 0.303 e. The molecular formula is C38H62O5. The molecule has 0 heterocycles. The molecule has 43 heavy (non-hydrogen) atoms. The van der Waals surface area contributed by atoms with E-state index in [1.165, 1.54) is 69.0 Å². The minimum atomic E-state index is -0.663. The van der Waals surface area contributed by atoms with Crippen LogP contribution < -0.4 is 0 Å². The van der Waals surface area contributed by atoms with Gasteiger partial charge >= 0.3 is 5.97 Å². The van der Waals surface area contributed by atoms with E-state index in [1.54, 1.807) is 0 Å². The number of fused-ring (bicyclic) bond motifs is 5. The highest BCUT2D eigenvalue weighted by Gasteiger charge is 2.63. The van der Waals surface area contributed by atoms with Crippen LogP contribution in [0.15, 0.2) is 23.5 Å². The van der Waals surface area contributed by atoms with Crippen LogP contribution in [-0.4, -0.2) is 35.2 Å². The van der Waals surface area contributed by atoms with Gasteiger partial charge in [0.2, 0.25) is 0 Å². The molecular weight excluding hydrogens is 536 g/mol. The van der Waals surface area contributed by atoms with E-state index in [-0.39, 0.29) is 16.9 Å². The van der Waals surface area contributed by atoms with Gasteiger partial charge in [-0.2, -0.15) is 0 Å². The Morgan fingerprint density at radius 2 is 1.74 bits per heavy atom. The molecule has 5 aliphatic carbocycles. The molecule has 3 fully saturated rings. The maximum absolute atomic E-state index is 12.8. The number of carbonyl (C=O) groups excluding carboxylic acids is 1. The number of carbonyl (C=O) groups is 2. The maximum Gasteiger partial charge on any atom is 0.303 e. The minimum absolute atomic E-state index is 0.0181. The van der Waals surface area contributed by atoms with Crippen molar-refractivity contribution in [1.29, 1.82) is 0 Å². The Bertz CT molecular complexity index is 969. The zero-order valence-corrected chi connectivity index (χ0v) is 27.7. The lowest BCUT2D eigenvalue weighted by Gasteiger charge is -2.61. The summed E-state index contributed by atoms with van der Waals surface area (Å²) in [5, 5.41) is 19.3. The largest absolute Gasteiger partial charge is 0.498 e.